The highest BCUT2D eigenvalue weighted by atomic mass is 16.5. The molecule has 0 N–H and O–H groups in total. The van der Waals surface area contributed by atoms with Crippen LogP contribution >= 0.6 is 0 Å². The van der Waals surface area contributed by atoms with Gasteiger partial charge in [-0.2, -0.15) is 0 Å². The molecule has 0 saturated carbocycles. The fourth-order valence-electron chi connectivity index (χ4n) is 4.60. The molecule has 3 aromatic carbocycles. The van der Waals surface area contributed by atoms with Gasteiger partial charge in [-0.15, -0.1) is 0 Å². The Hall–Kier alpha value is -3.47. The molecule has 2 heterocycles. The van der Waals surface area contributed by atoms with E-state index in [1.807, 2.05) is 0 Å². The molecule has 2 aliphatic heterocycles. The van der Waals surface area contributed by atoms with Gasteiger partial charge in [-0.3, -0.25) is 0 Å². The summed E-state index contributed by atoms with van der Waals surface area (Å²) >= 11 is 0. The van der Waals surface area contributed by atoms with Crippen LogP contribution in [0.2, 0.25) is 0 Å². The van der Waals surface area contributed by atoms with Crippen molar-refractivity contribution in [1.82, 2.24) is 4.90 Å². The van der Waals surface area contributed by atoms with Crippen molar-refractivity contribution in [1.29, 1.82) is 0 Å². The van der Waals surface area contributed by atoms with Crippen LogP contribution in [0, 0.1) is 13.8 Å². The van der Waals surface area contributed by atoms with Crippen LogP contribution in [0.4, 0.5) is 17.1 Å². The number of hydrogen-bond acceptors (Lipinski definition) is 5. The number of guanidine groups is 1. The summed E-state index contributed by atoms with van der Waals surface area (Å²) in [7, 11) is 1.74. The highest BCUT2D eigenvalue weighted by Gasteiger charge is 2.30. The van der Waals surface area contributed by atoms with Crippen LogP contribution in [0.25, 0.3) is 0 Å². The Bertz CT molecular complexity index is 1150. The fraction of sp³-hybridized carbons (Fsp3) is 0.296. The predicted octanol–water partition coefficient (Wildman–Crippen LogP) is 5.14. The zero-order valence-corrected chi connectivity index (χ0v) is 19.1. The van der Waals surface area contributed by atoms with Crippen molar-refractivity contribution >= 4 is 23.0 Å². The zero-order chi connectivity index (χ0) is 22.1. The van der Waals surface area contributed by atoms with Crippen LogP contribution in [-0.2, 0) is 6.54 Å². The van der Waals surface area contributed by atoms with Crippen molar-refractivity contribution in [2.45, 2.75) is 20.4 Å². The van der Waals surface area contributed by atoms with Gasteiger partial charge in [0.15, 0.2) is 0 Å². The Labute approximate surface area is 190 Å². The summed E-state index contributed by atoms with van der Waals surface area (Å²) in [6, 6.07) is 23.6. The largest absolute Gasteiger partial charge is 0.495 e. The standard InChI is InChI=1S/C27H30N4O/c1-20-7-6-9-23(17-20)29-13-15-30(16-14-29)27-28-24-10-5-4-8-22(24)19-31(27)25-18-21(2)11-12-26(25)32-3/h4-12,17-18H,13-16,19H2,1-3H3. The molecular formula is C27H30N4O. The van der Waals surface area contributed by atoms with E-state index in [0.29, 0.717) is 0 Å². The van der Waals surface area contributed by atoms with Crippen LogP contribution in [0.5, 0.6) is 5.75 Å². The highest BCUT2D eigenvalue weighted by molar-refractivity contribution is 6.00. The maximum absolute atomic E-state index is 5.74. The maximum Gasteiger partial charge on any atom is 0.206 e. The summed E-state index contributed by atoms with van der Waals surface area (Å²) in [4.78, 5) is 12.3. The van der Waals surface area contributed by atoms with Gasteiger partial charge in [-0.25, -0.2) is 4.99 Å². The Balaban J connectivity index is 1.46. The second-order valence-electron chi connectivity index (χ2n) is 8.62. The molecule has 5 heteroatoms. The van der Waals surface area contributed by atoms with Crippen LogP contribution in [-0.4, -0.2) is 44.1 Å². The van der Waals surface area contributed by atoms with Gasteiger partial charge < -0.3 is 19.4 Å². The third-order valence-corrected chi connectivity index (χ3v) is 6.34. The minimum absolute atomic E-state index is 0.785. The number of benzene rings is 3. The molecule has 1 saturated heterocycles. The monoisotopic (exact) mass is 426 g/mol. The molecule has 5 nitrogen and oxygen atoms in total. The summed E-state index contributed by atoms with van der Waals surface area (Å²) < 4.78 is 5.74. The molecule has 0 aromatic heterocycles. The molecule has 0 bridgehead atoms. The average molecular weight is 427 g/mol. The number of rotatable bonds is 3. The normalized spacial score (nSPS) is 16.0. The van der Waals surface area contributed by atoms with E-state index in [-0.39, 0.29) is 0 Å². The summed E-state index contributed by atoms with van der Waals surface area (Å²) in [6.07, 6.45) is 0. The number of methoxy groups -OCH3 is 1. The molecule has 32 heavy (non-hydrogen) atoms. The lowest BCUT2D eigenvalue weighted by Gasteiger charge is -2.42. The Morgan fingerprint density at radius 3 is 2.31 bits per heavy atom. The van der Waals surface area contributed by atoms with E-state index < -0.39 is 0 Å². The number of para-hydroxylation sites is 1. The first-order valence-electron chi connectivity index (χ1n) is 11.3. The first kappa shape index (κ1) is 20.4. The molecule has 5 rings (SSSR count). The summed E-state index contributed by atoms with van der Waals surface area (Å²) in [5.74, 6) is 1.89. The van der Waals surface area contributed by atoms with Crippen molar-refractivity contribution in [3.05, 3.63) is 83.4 Å². The van der Waals surface area contributed by atoms with Crippen LogP contribution in [0.15, 0.2) is 71.7 Å². The lowest BCUT2D eigenvalue weighted by Crippen LogP contribution is -2.54. The van der Waals surface area contributed by atoms with Crippen molar-refractivity contribution in [2.75, 3.05) is 43.1 Å². The number of aryl methyl sites for hydroxylation is 2. The second-order valence-corrected chi connectivity index (χ2v) is 8.62. The molecule has 3 aromatic rings. The van der Waals surface area contributed by atoms with Gasteiger partial charge in [-0.1, -0.05) is 36.4 Å². The van der Waals surface area contributed by atoms with E-state index in [4.69, 9.17) is 9.73 Å². The minimum Gasteiger partial charge on any atom is -0.495 e. The molecule has 0 amide bonds. The van der Waals surface area contributed by atoms with E-state index in [1.165, 1.54) is 22.4 Å². The minimum atomic E-state index is 0.785. The molecular weight excluding hydrogens is 396 g/mol. The highest BCUT2D eigenvalue weighted by Crippen LogP contribution is 2.36. The third kappa shape index (κ3) is 3.91. The topological polar surface area (TPSA) is 31.3 Å². The Kier molecular flexibility index (Phi) is 5.48. The molecule has 2 aliphatic rings. The number of anilines is 2. The molecule has 0 spiro atoms. The quantitative estimate of drug-likeness (QED) is 0.580. The van der Waals surface area contributed by atoms with E-state index in [9.17, 15) is 0 Å². The molecule has 0 unspecified atom stereocenters. The number of fused-ring (bicyclic) bond motifs is 1. The SMILES string of the molecule is COc1ccc(C)cc1N1Cc2ccccc2N=C1N1CCN(c2cccc(C)c2)CC1. The van der Waals surface area contributed by atoms with E-state index in [2.05, 4.69) is 95.3 Å². The summed E-state index contributed by atoms with van der Waals surface area (Å²) in [6.45, 7) is 8.87. The number of piperazine rings is 1. The van der Waals surface area contributed by atoms with Crippen molar-refractivity contribution in [3.8, 4) is 5.75 Å². The van der Waals surface area contributed by atoms with Gasteiger partial charge in [-0.05, 0) is 60.9 Å². The van der Waals surface area contributed by atoms with Crippen molar-refractivity contribution < 1.29 is 4.74 Å². The molecule has 0 aliphatic carbocycles. The summed E-state index contributed by atoms with van der Waals surface area (Å²) in [5.41, 5.74) is 7.18. The fourth-order valence-corrected chi connectivity index (χ4v) is 4.60. The van der Waals surface area contributed by atoms with E-state index >= 15 is 0 Å². The summed E-state index contributed by atoms with van der Waals surface area (Å²) in [5, 5.41) is 0. The smallest absolute Gasteiger partial charge is 0.206 e. The Morgan fingerprint density at radius 1 is 0.781 bits per heavy atom. The van der Waals surface area contributed by atoms with Gasteiger partial charge in [0.05, 0.1) is 25.0 Å². The molecule has 0 atom stereocenters. The lowest BCUT2D eigenvalue weighted by molar-refractivity contribution is 0.376. The van der Waals surface area contributed by atoms with Gasteiger partial charge in [0, 0.05) is 31.9 Å². The van der Waals surface area contributed by atoms with Gasteiger partial charge in [0.2, 0.25) is 5.96 Å². The van der Waals surface area contributed by atoms with E-state index in [1.54, 1.807) is 7.11 Å². The number of hydrogen-bond donors (Lipinski definition) is 0. The first-order chi connectivity index (χ1) is 15.6. The van der Waals surface area contributed by atoms with Crippen LogP contribution < -0.4 is 14.5 Å². The van der Waals surface area contributed by atoms with E-state index in [0.717, 1.165) is 55.8 Å². The molecule has 0 radical (unpaired) electrons. The van der Waals surface area contributed by atoms with Gasteiger partial charge in [0.25, 0.3) is 0 Å². The van der Waals surface area contributed by atoms with Crippen LogP contribution in [0.1, 0.15) is 16.7 Å². The predicted molar refractivity (Wildman–Crippen MR) is 132 cm³/mol. The number of nitrogens with zero attached hydrogens (tertiary/aromatic N) is 4. The van der Waals surface area contributed by atoms with Gasteiger partial charge >= 0.3 is 0 Å². The number of ether oxygens (including phenoxy) is 1. The second kappa shape index (κ2) is 8.58. The Morgan fingerprint density at radius 2 is 1.53 bits per heavy atom. The number of aliphatic imine (C=N–C) groups is 1. The average Bonchev–Trinajstić information content (AvgIpc) is 2.83. The maximum atomic E-state index is 5.74. The van der Waals surface area contributed by atoms with Crippen molar-refractivity contribution in [2.24, 2.45) is 4.99 Å². The van der Waals surface area contributed by atoms with Crippen molar-refractivity contribution in [3.63, 3.8) is 0 Å². The lowest BCUT2D eigenvalue weighted by atomic mass is 10.1. The molecule has 164 valence electrons. The molecule has 1 fully saturated rings. The van der Waals surface area contributed by atoms with Crippen LogP contribution in [0.3, 0.4) is 0 Å². The van der Waals surface area contributed by atoms with Gasteiger partial charge in [0.1, 0.15) is 5.75 Å². The first-order valence-corrected chi connectivity index (χ1v) is 11.3. The third-order valence-electron chi connectivity index (χ3n) is 6.34. The zero-order valence-electron chi connectivity index (χ0n) is 19.1.